The molecule has 3 nitrogen and oxygen atoms in total. The Bertz CT molecular complexity index is 521. The summed E-state index contributed by atoms with van der Waals surface area (Å²) < 4.78 is 13.2. The zero-order chi connectivity index (χ0) is 11.8. The van der Waals surface area contributed by atoms with Crippen LogP contribution in [0, 0.1) is 5.82 Å². The van der Waals surface area contributed by atoms with Crippen LogP contribution in [-0.2, 0) is 13.0 Å². The fourth-order valence-electron chi connectivity index (χ4n) is 2.46. The van der Waals surface area contributed by atoms with Crippen LogP contribution in [0.1, 0.15) is 18.2 Å². The third-order valence-corrected chi connectivity index (χ3v) is 3.29. The first-order valence-corrected chi connectivity index (χ1v) is 5.76. The van der Waals surface area contributed by atoms with E-state index in [1.165, 1.54) is 6.07 Å². The molecule has 1 aliphatic heterocycles. The van der Waals surface area contributed by atoms with E-state index in [9.17, 15) is 4.39 Å². The molecule has 0 saturated heterocycles. The maximum Gasteiger partial charge on any atom is 0.123 e. The van der Waals surface area contributed by atoms with Gasteiger partial charge in [-0.25, -0.2) is 9.37 Å². The average Bonchev–Trinajstić information content (AvgIpc) is 2.88. The molecule has 0 radical (unpaired) electrons. The number of halogens is 1. The van der Waals surface area contributed by atoms with Gasteiger partial charge >= 0.3 is 0 Å². The lowest BCUT2D eigenvalue weighted by atomic mass is 10.1. The zero-order valence-electron chi connectivity index (χ0n) is 9.65. The minimum absolute atomic E-state index is 0.153. The maximum atomic E-state index is 13.2. The third-order valence-electron chi connectivity index (χ3n) is 3.29. The Morgan fingerprint density at radius 3 is 3.18 bits per heavy atom. The van der Waals surface area contributed by atoms with Crippen molar-refractivity contribution in [2.45, 2.75) is 25.9 Å². The topological polar surface area (TPSA) is 31.9 Å². The van der Waals surface area contributed by atoms with Crippen molar-refractivity contribution in [3.8, 4) is 0 Å². The molecule has 1 atom stereocenters. The number of aromatic amines is 1. The Morgan fingerprint density at radius 1 is 1.53 bits per heavy atom. The number of nitrogens with one attached hydrogen (secondary N) is 1. The van der Waals surface area contributed by atoms with Gasteiger partial charge in [0.15, 0.2) is 0 Å². The highest BCUT2D eigenvalue weighted by molar-refractivity contribution is 5.59. The minimum atomic E-state index is -0.153. The van der Waals surface area contributed by atoms with E-state index >= 15 is 0 Å². The molecular formula is C13H14FN3. The summed E-state index contributed by atoms with van der Waals surface area (Å²) in [4.78, 5) is 9.40. The average molecular weight is 231 g/mol. The van der Waals surface area contributed by atoms with Crippen molar-refractivity contribution in [2.24, 2.45) is 0 Å². The Kier molecular flexibility index (Phi) is 2.35. The highest BCUT2D eigenvalue weighted by Gasteiger charge is 2.26. The van der Waals surface area contributed by atoms with Gasteiger partial charge in [0.05, 0.1) is 18.6 Å². The molecule has 0 spiro atoms. The normalized spacial score (nSPS) is 18.5. The predicted octanol–water partition coefficient (Wildman–Crippen LogP) is 2.50. The van der Waals surface area contributed by atoms with Gasteiger partial charge in [0.25, 0.3) is 0 Å². The number of imidazole rings is 1. The number of rotatable bonds is 2. The summed E-state index contributed by atoms with van der Waals surface area (Å²) in [5, 5.41) is 0. The van der Waals surface area contributed by atoms with E-state index < -0.39 is 0 Å². The standard InChI is InChI=1S/C13H14FN3/c1-9-4-10-5-11(14)2-3-13(10)17(9)7-12-6-15-8-16-12/h2-3,5-6,8-9H,4,7H2,1H3,(H,15,16)/t9-/m0/s1. The molecule has 17 heavy (non-hydrogen) atoms. The van der Waals surface area contributed by atoms with Gasteiger partial charge in [0.1, 0.15) is 5.82 Å². The van der Waals surface area contributed by atoms with Gasteiger partial charge < -0.3 is 9.88 Å². The largest absolute Gasteiger partial charge is 0.362 e. The molecule has 0 amide bonds. The second-order valence-electron chi connectivity index (χ2n) is 4.53. The Labute approximate surface area is 99.3 Å². The van der Waals surface area contributed by atoms with Gasteiger partial charge in [-0.3, -0.25) is 0 Å². The monoisotopic (exact) mass is 231 g/mol. The van der Waals surface area contributed by atoms with Crippen LogP contribution < -0.4 is 4.90 Å². The fourth-order valence-corrected chi connectivity index (χ4v) is 2.46. The van der Waals surface area contributed by atoms with E-state index in [2.05, 4.69) is 21.8 Å². The second-order valence-corrected chi connectivity index (χ2v) is 4.53. The SMILES string of the molecule is C[C@H]1Cc2cc(F)ccc2N1Cc1cnc[nH]1. The van der Waals surface area contributed by atoms with Gasteiger partial charge in [0, 0.05) is 17.9 Å². The molecule has 1 aliphatic rings. The van der Waals surface area contributed by atoms with Crippen molar-refractivity contribution < 1.29 is 4.39 Å². The quantitative estimate of drug-likeness (QED) is 0.861. The van der Waals surface area contributed by atoms with Crippen molar-refractivity contribution in [2.75, 3.05) is 4.90 Å². The fraction of sp³-hybridized carbons (Fsp3) is 0.308. The molecular weight excluding hydrogens is 217 g/mol. The lowest BCUT2D eigenvalue weighted by Crippen LogP contribution is -2.28. The van der Waals surface area contributed by atoms with Gasteiger partial charge in [-0.2, -0.15) is 0 Å². The van der Waals surface area contributed by atoms with E-state index in [1.54, 1.807) is 12.4 Å². The first-order valence-electron chi connectivity index (χ1n) is 5.76. The number of anilines is 1. The van der Waals surface area contributed by atoms with E-state index in [-0.39, 0.29) is 5.82 Å². The number of benzene rings is 1. The lowest BCUT2D eigenvalue weighted by molar-refractivity contribution is 0.626. The summed E-state index contributed by atoms with van der Waals surface area (Å²) in [5.41, 5.74) is 3.31. The first-order chi connectivity index (χ1) is 8.24. The van der Waals surface area contributed by atoms with E-state index in [0.717, 1.165) is 29.9 Å². The summed E-state index contributed by atoms with van der Waals surface area (Å²) in [6.07, 6.45) is 4.41. The maximum absolute atomic E-state index is 13.2. The van der Waals surface area contributed by atoms with E-state index in [4.69, 9.17) is 0 Å². The summed E-state index contributed by atoms with van der Waals surface area (Å²) in [6.45, 7) is 2.95. The van der Waals surface area contributed by atoms with Crippen molar-refractivity contribution >= 4 is 5.69 Å². The summed E-state index contributed by atoms with van der Waals surface area (Å²) in [7, 11) is 0. The minimum Gasteiger partial charge on any atom is -0.362 e. The molecule has 0 aliphatic carbocycles. The van der Waals surface area contributed by atoms with Crippen molar-refractivity contribution in [1.82, 2.24) is 9.97 Å². The highest BCUT2D eigenvalue weighted by atomic mass is 19.1. The molecule has 2 aromatic rings. The van der Waals surface area contributed by atoms with Crippen LogP contribution in [0.25, 0.3) is 0 Å². The smallest absolute Gasteiger partial charge is 0.123 e. The van der Waals surface area contributed by atoms with Crippen molar-refractivity contribution in [3.05, 3.63) is 47.8 Å². The van der Waals surface area contributed by atoms with E-state index in [0.29, 0.717) is 6.04 Å². The van der Waals surface area contributed by atoms with Crippen LogP contribution in [0.15, 0.2) is 30.7 Å². The molecule has 4 heteroatoms. The van der Waals surface area contributed by atoms with Gasteiger partial charge in [-0.1, -0.05) is 0 Å². The van der Waals surface area contributed by atoms with Gasteiger partial charge in [0.2, 0.25) is 0 Å². The number of aromatic nitrogens is 2. The predicted molar refractivity (Wildman–Crippen MR) is 64.3 cm³/mol. The summed E-state index contributed by atoms with van der Waals surface area (Å²) >= 11 is 0. The summed E-state index contributed by atoms with van der Waals surface area (Å²) in [5.74, 6) is -0.153. The van der Waals surface area contributed by atoms with Crippen LogP contribution in [0.5, 0.6) is 0 Å². The van der Waals surface area contributed by atoms with Crippen molar-refractivity contribution in [1.29, 1.82) is 0 Å². The number of hydrogen-bond donors (Lipinski definition) is 1. The third kappa shape index (κ3) is 1.79. The number of H-pyrrole nitrogens is 1. The number of fused-ring (bicyclic) bond motifs is 1. The molecule has 0 saturated carbocycles. The second kappa shape index (κ2) is 3.87. The molecule has 2 heterocycles. The number of nitrogens with zero attached hydrogens (tertiary/aromatic N) is 2. The van der Waals surface area contributed by atoms with E-state index in [1.807, 2.05) is 12.3 Å². The van der Waals surface area contributed by atoms with Crippen LogP contribution in [0.4, 0.5) is 10.1 Å². The molecule has 3 rings (SSSR count). The molecule has 88 valence electrons. The van der Waals surface area contributed by atoms with Crippen LogP contribution in [0.3, 0.4) is 0 Å². The van der Waals surface area contributed by atoms with Crippen molar-refractivity contribution in [3.63, 3.8) is 0 Å². The van der Waals surface area contributed by atoms with Gasteiger partial charge in [-0.05, 0) is 37.1 Å². The zero-order valence-corrected chi connectivity index (χ0v) is 9.65. The van der Waals surface area contributed by atoms with Crippen LogP contribution in [0.2, 0.25) is 0 Å². The molecule has 1 aromatic heterocycles. The number of hydrogen-bond acceptors (Lipinski definition) is 2. The van der Waals surface area contributed by atoms with Crippen LogP contribution in [-0.4, -0.2) is 16.0 Å². The molecule has 0 fully saturated rings. The Balaban J connectivity index is 1.91. The molecule has 0 unspecified atom stereocenters. The van der Waals surface area contributed by atoms with Crippen LogP contribution >= 0.6 is 0 Å². The Morgan fingerprint density at radius 2 is 2.41 bits per heavy atom. The lowest BCUT2D eigenvalue weighted by Gasteiger charge is -2.24. The Hall–Kier alpha value is -1.84. The molecule has 0 bridgehead atoms. The van der Waals surface area contributed by atoms with Gasteiger partial charge in [-0.15, -0.1) is 0 Å². The summed E-state index contributed by atoms with van der Waals surface area (Å²) in [6, 6.07) is 5.43. The molecule has 1 N–H and O–H groups in total. The molecule has 1 aromatic carbocycles. The first kappa shape index (κ1) is 10.3. The highest BCUT2D eigenvalue weighted by Crippen LogP contribution is 2.33.